The van der Waals surface area contributed by atoms with Crippen molar-refractivity contribution in [2.24, 2.45) is 0 Å². The second kappa shape index (κ2) is 7.97. The van der Waals surface area contributed by atoms with Crippen molar-refractivity contribution in [3.63, 3.8) is 0 Å². The van der Waals surface area contributed by atoms with Gasteiger partial charge in [0.2, 0.25) is 0 Å². The number of nitrogen functional groups attached to an aromatic ring is 1. The summed E-state index contributed by atoms with van der Waals surface area (Å²) in [6.07, 6.45) is 4.44. The number of aryl methyl sites for hydroxylation is 2. The molecule has 0 radical (unpaired) electrons. The average Bonchev–Trinajstić information content (AvgIpc) is 2.70. The fraction of sp³-hybridized carbons (Fsp3) is 0.280. The molecular formula is C25H27NO2. The van der Waals surface area contributed by atoms with E-state index in [0.29, 0.717) is 6.61 Å². The maximum atomic E-state index is 6.40. The molecule has 1 aliphatic rings. The smallest absolute Gasteiger partial charge is 0.133 e. The Morgan fingerprint density at radius 3 is 2.11 bits per heavy atom. The number of nitrogens with two attached hydrogens (primary N) is 1. The highest BCUT2D eigenvalue weighted by molar-refractivity contribution is 5.56. The maximum absolute atomic E-state index is 6.40. The summed E-state index contributed by atoms with van der Waals surface area (Å²) >= 11 is 0. The van der Waals surface area contributed by atoms with Crippen LogP contribution in [0.5, 0.6) is 17.2 Å². The molecule has 0 aliphatic heterocycles. The van der Waals surface area contributed by atoms with Gasteiger partial charge in [-0.25, -0.2) is 0 Å². The molecule has 3 heteroatoms. The molecule has 0 saturated heterocycles. The van der Waals surface area contributed by atoms with Crippen LogP contribution >= 0.6 is 0 Å². The molecular weight excluding hydrogens is 346 g/mol. The Kier molecular flexibility index (Phi) is 5.25. The van der Waals surface area contributed by atoms with E-state index in [1.807, 2.05) is 44.2 Å². The molecule has 144 valence electrons. The van der Waals surface area contributed by atoms with E-state index in [1.165, 1.54) is 29.5 Å². The maximum Gasteiger partial charge on any atom is 0.133 e. The average molecular weight is 373 g/mol. The van der Waals surface area contributed by atoms with Gasteiger partial charge in [0.1, 0.15) is 23.9 Å². The number of benzene rings is 3. The van der Waals surface area contributed by atoms with E-state index >= 15 is 0 Å². The fourth-order valence-corrected chi connectivity index (χ4v) is 4.02. The largest absolute Gasteiger partial charge is 0.489 e. The van der Waals surface area contributed by atoms with Gasteiger partial charge in [0.05, 0.1) is 0 Å². The summed E-state index contributed by atoms with van der Waals surface area (Å²) in [6, 6.07) is 18.3. The molecule has 3 nitrogen and oxygen atoms in total. The highest BCUT2D eigenvalue weighted by Crippen LogP contribution is 2.40. The molecule has 1 aliphatic carbocycles. The summed E-state index contributed by atoms with van der Waals surface area (Å²) in [5, 5.41) is 0. The third-order valence-corrected chi connectivity index (χ3v) is 5.38. The molecule has 0 amide bonds. The van der Waals surface area contributed by atoms with Crippen molar-refractivity contribution in [1.82, 2.24) is 0 Å². The van der Waals surface area contributed by atoms with Gasteiger partial charge in [0.15, 0.2) is 0 Å². The van der Waals surface area contributed by atoms with E-state index in [0.717, 1.165) is 46.9 Å². The fourth-order valence-electron chi connectivity index (χ4n) is 4.02. The van der Waals surface area contributed by atoms with Crippen LogP contribution in [0.4, 0.5) is 5.69 Å². The molecule has 3 aromatic rings. The van der Waals surface area contributed by atoms with Crippen molar-refractivity contribution in [3.8, 4) is 17.2 Å². The lowest BCUT2D eigenvalue weighted by molar-refractivity contribution is 0.300. The van der Waals surface area contributed by atoms with Crippen LogP contribution in [0.3, 0.4) is 0 Å². The van der Waals surface area contributed by atoms with Gasteiger partial charge < -0.3 is 15.2 Å². The zero-order valence-electron chi connectivity index (χ0n) is 16.6. The monoisotopic (exact) mass is 373 g/mol. The van der Waals surface area contributed by atoms with Gasteiger partial charge in [-0.15, -0.1) is 0 Å². The predicted octanol–water partition coefficient (Wildman–Crippen LogP) is 6.14. The first-order valence-electron chi connectivity index (χ1n) is 9.98. The minimum Gasteiger partial charge on any atom is -0.489 e. The zero-order valence-corrected chi connectivity index (χ0v) is 16.6. The number of hydrogen-bond donors (Lipinski definition) is 1. The third-order valence-electron chi connectivity index (χ3n) is 5.38. The Morgan fingerprint density at radius 1 is 0.821 bits per heavy atom. The van der Waals surface area contributed by atoms with Crippen LogP contribution in [0.25, 0.3) is 0 Å². The highest BCUT2D eigenvalue weighted by atomic mass is 16.5. The molecule has 3 aromatic carbocycles. The van der Waals surface area contributed by atoms with Gasteiger partial charge in [-0.2, -0.15) is 0 Å². The Balaban J connectivity index is 1.63. The number of anilines is 1. The normalized spacial score (nSPS) is 13.1. The van der Waals surface area contributed by atoms with E-state index in [1.54, 1.807) is 0 Å². The lowest BCUT2D eigenvalue weighted by Gasteiger charge is -2.23. The summed E-state index contributed by atoms with van der Waals surface area (Å²) in [7, 11) is 0. The molecule has 0 fully saturated rings. The topological polar surface area (TPSA) is 44.5 Å². The SMILES string of the molecule is Cc1cc(N)cc(C)c1Oc1ccc(OCc2ccccc2)c2c1CCCC2. The standard InChI is InChI=1S/C25H27NO2/c1-17-14-20(26)15-18(2)25(17)28-24-13-12-23(21-10-6-7-11-22(21)24)27-16-19-8-4-3-5-9-19/h3-5,8-9,12-15H,6-7,10-11,16,26H2,1-2H3. The third kappa shape index (κ3) is 3.84. The summed E-state index contributed by atoms with van der Waals surface area (Å²) in [6.45, 7) is 4.68. The summed E-state index contributed by atoms with van der Waals surface area (Å²) in [5.74, 6) is 2.83. The van der Waals surface area contributed by atoms with Crippen molar-refractivity contribution in [2.45, 2.75) is 46.1 Å². The van der Waals surface area contributed by atoms with Crippen LogP contribution in [0.15, 0.2) is 54.6 Å². The van der Waals surface area contributed by atoms with E-state index < -0.39 is 0 Å². The lowest BCUT2D eigenvalue weighted by Crippen LogP contribution is -2.08. The van der Waals surface area contributed by atoms with Gasteiger partial charge >= 0.3 is 0 Å². The molecule has 0 bridgehead atoms. The van der Waals surface area contributed by atoms with E-state index in [2.05, 4.69) is 24.3 Å². The van der Waals surface area contributed by atoms with Crippen LogP contribution in [0, 0.1) is 13.8 Å². The first kappa shape index (κ1) is 18.4. The molecule has 28 heavy (non-hydrogen) atoms. The Bertz CT molecular complexity index is 956. The van der Waals surface area contributed by atoms with Gasteiger partial charge in [0, 0.05) is 16.8 Å². The van der Waals surface area contributed by atoms with Crippen molar-refractivity contribution >= 4 is 5.69 Å². The molecule has 0 atom stereocenters. The van der Waals surface area contributed by atoms with Crippen LogP contribution < -0.4 is 15.2 Å². The minimum atomic E-state index is 0.587. The summed E-state index contributed by atoms with van der Waals surface area (Å²) in [4.78, 5) is 0. The molecule has 0 unspecified atom stereocenters. The Morgan fingerprint density at radius 2 is 1.43 bits per heavy atom. The van der Waals surface area contributed by atoms with Crippen molar-refractivity contribution in [1.29, 1.82) is 0 Å². The predicted molar refractivity (Wildman–Crippen MR) is 114 cm³/mol. The molecule has 0 spiro atoms. The zero-order chi connectivity index (χ0) is 19.5. The quantitative estimate of drug-likeness (QED) is 0.547. The van der Waals surface area contributed by atoms with Gasteiger partial charge in [0.25, 0.3) is 0 Å². The first-order valence-corrected chi connectivity index (χ1v) is 9.98. The second-order valence-corrected chi connectivity index (χ2v) is 7.59. The number of rotatable bonds is 5. The molecule has 0 aromatic heterocycles. The summed E-state index contributed by atoms with van der Waals surface area (Å²) < 4.78 is 12.6. The van der Waals surface area contributed by atoms with Gasteiger partial charge in [-0.1, -0.05) is 30.3 Å². The molecule has 4 rings (SSSR count). The minimum absolute atomic E-state index is 0.587. The van der Waals surface area contributed by atoms with E-state index in [9.17, 15) is 0 Å². The molecule has 0 heterocycles. The van der Waals surface area contributed by atoms with Crippen LogP contribution in [-0.4, -0.2) is 0 Å². The van der Waals surface area contributed by atoms with Crippen LogP contribution in [0.1, 0.15) is 40.7 Å². The van der Waals surface area contributed by atoms with Gasteiger partial charge in [-0.3, -0.25) is 0 Å². The van der Waals surface area contributed by atoms with Gasteiger partial charge in [-0.05, 0) is 80.5 Å². The Labute approximate surface area is 167 Å². The van der Waals surface area contributed by atoms with E-state index in [4.69, 9.17) is 15.2 Å². The lowest BCUT2D eigenvalue weighted by atomic mass is 9.90. The second-order valence-electron chi connectivity index (χ2n) is 7.59. The number of fused-ring (bicyclic) bond motifs is 1. The molecule has 2 N–H and O–H groups in total. The van der Waals surface area contributed by atoms with Crippen molar-refractivity contribution < 1.29 is 9.47 Å². The van der Waals surface area contributed by atoms with E-state index in [-0.39, 0.29) is 0 Å². The molecule has 0 saturated carbocycles. The Hall–Kier alpha value is -2.94. The van der Waals surface area contributed by atoms with Crippen molar-refractivity contribution in [3.05, 3.63) is 82.4 Å². The van der Waals surface area contributed by atoms with Crippen LogP contribution in [0.2, 0.25) is 0 Å². The number of hydrogen-bond acceptors (Lipinski definition) is 3. The highest BCUT2D eigenvalue weighted by Gasteiger charge is 2.20. The van der Waals surface area contributed by atoms with Crippen molar-refractivity contribution in [2.75, 3.05) is 5.73 Å². The van der Waals surface area contributed by atoms with Crippen LogP contribution in [-0.2, 0) is 19.4 Å². The number of ether oxygens (including phenoxy) is 2. The summed E-state index contributed by atoms with van der Waals surface area (Å²) in [5.41, 5.74) is 12.6. The first-order chi connectivity index (χ1) is 13.6.